The van der Waals surface area contributed by atoms with E-state index in [9.17, 15) is 4.79 Å². The first-order valence-corrected chi connectivity index (χ1v) is 9.36. The van der Waals surface area contributed by atoms with Crippen LogP contribution < -0.4 is 0 Å². The minimum absolute atomic E-state index is 0.0848. The number of rotatable bonds is 10. The molecule has 0 aromatic carbocycles. The summed E-state index contributed by atoms with van der Waals surface area (Å²) in [5.74, 6) is 0.136. The molecule has 0 saturated carbocycles. The SMILES string of the molecule is COOC1=C(C)C(=O)OC1C/C=C(\C)CC/C=C(\C)CCC1OC1(C)C. The van der Waals surface area contributed by atoms with Gasteiger partial charge in [0.15, 0.2) is 11.9 Å². The first-order chi connectivity index (χ1) is 12.2. The maximum absolute atomic E-state index is 11.7. The van der Waals surface area contributed by atoms with Gasteiger partial charge in [-0.15, -0.1) is 0 Å². The third-order valence-corrected chi connectivity index (χ3v) is 5.07. The summed E-state index contributed by atoms with van der Waals surface area (Å²) < 4.78 is 10.9. The lowest BCUT2D eigenvalue weighted by atomic mass is 10.0. The van der Waals surface area contributed by atoms with E-state index in [0.717, 1.165) is 25.7 Å². The molecule has 5 heteroatoms. The molecule has 26 heavy (non-hydrogen) atoms. The lowest BCUT2D eigenvalue weighted by Gasteiger charge is -2.11. The number of carbonyl (C=O) groups excluding carboxylic acids is 1. The molecule has 0 radical (unpaired) electrons. The second kappa shape index (κ2) is 8.87. The van der Waals surface area contributed by atoms with Crippen LogP contribution in [0.25, 0.3) is 0 Å². The minimum Gasteiger partial charge on any atom is -0.450 e. The largest absolute Gasteiger partial charge is 0.450 e. The summed E-state index contributed by atoms with van der Waals surface area (Å²) in [5, 5.41) is 0. The van der Waals surface area contributed by atoms with Crippen LogP contribution in [0.4, 0.5) is 0 Å². The highest BCUT2D eigenvalue weighted by atomic mass is 17.2. The first kappa shape index (κ1) is 20.7. The molecule has 2 atom stereocenters. The molecular formula is C21H32O5. The Morgan fingerprint density at radius 2 is 1.85 bits per heavy atom. The molecule has 2 aliphatic rings. The van der Waals surface area contributed by atoms with Crippen molar-refractivity contribution >= 4 is 5.97 Å². The average Bonchev–Trinajstić information content (AvgIpc) is 3.11. The van der Waals surface area contributed by atoms with Gasteiger partial charge in [0.2, 0.25) is 0 Å². The average molecular weight is 364 g/mol. The zero-order valence-corrected chi connectivity index (χ0v) is 16.9. The number of esters is 1. The van der Waals surface area contributed by atoms with E-state index < -0.39 is 6.10 Å². The zero-order valence-electron chi connectivity index (χ0n) is 16.9. The Labute approximate surface area is 157 Å². The van der Waals surface area contributed by atoms with Crippen molar-refractivity contribution in [2.75, 3.05) is 7.11 Å². The highest BCUT2D eigenvalue weighted by Gasteiger charge is 2.46. The van der Waals surface area contributed by atoms with Gasteiger partial charge in [-0.25, -0.2) is 4.79 Å². The Morgan fingerprint density at radius 1 is 1.19 bits per heavy atom. The van der Waals surface area contributed by atoms with E-state index in [-0.39, 0.29) is 11.6 Å². The quantitative estimate of drug-likeness (QED) is 0.183. The van der Waals surface area contributed by atoms with Crippen LogP contribution in [0.15, 0.2) is 34.6 Å². The van der Waals surface area contributed by atoms with Crippen LogP contribution in [0.2, 0.25) is 0 Å². The van der Waals surface area contributed by atoms with Gasteiger partial charge in [0, 0.05) is 6.42 Å². The monoisotopic (exact) mass is 364 g/mol. The fraction of sp³-hybridized carbons (Fsp3) is 0.667. The summed E-state index contributed by atoms with van der Waals surface area (Å²) in [6.07, 6.45) is 9.26. The van der Waals surface area contributed by atoms with Gasteiger partial charge in [-0.2, -0.15) is 4.89 Å². The fourth-order valence-electron chi connectivity index (χ4n) is 3.13. The maximum Gasteiger partial charge on any atom is 0.338 e. The number of epoxide rings is 1. The predicted molar refractivity (Wildman–Crippen MR) is 100 cm³/mol. The van der Waals surface area contributed by atoms with Crippen molar-refractivity contribution in [1.29, 1.82) is 0 Å². The summed E-state index contributed by atoms with van der Waals surface area (Å²) in [6.45, 7) is 10.3. The molecule has 2 unspecified atom stereocenters. The molecule has 0 spiro atoms. The van der Waals surface area contributed by atoms with Crippen molar-refractivity contribution in [1.82, 2.24) is 0 Å². The Hall–Kier alpha value is -1.59. The summed E-state index contributed by atoms with van der Waals surface area (Å²) in [5.41, 5.74) is 3.26. The van der Waals surface area contributed by atoms with Gasteiger partial charge in [0.1, 0.15) is 0 Å². The van der Waals surface area contributed by atoms with Crippen LogP contribution in [-0.2, 0) is 24.0 Å². The minimum atomic E-state index is -0.392. The van der Waals surface area contributed by atoms with Crippen LogP contribution in [0.1, 0.15) is 66.7 Å². The lowest BCUT2D eigenvalue weighted by Crippen LogP contribution is -2.12. The molecular weight excluding hydrogens is 332 g/mol. The molecule has 0 bridgehead atoms. The third-order valence-electron chi connectivity index (χ3n) is 5.07. The highest BCUT2D eigenvalue weighted by Crippen LogP contribution is 2.39. The van der Waals surface area contributed by atoms with Crippen molar-refractivity contribution in [2.24, 2.45) is 0 Å². The molecule has 2 aliphatic heterocycles. The topological polar surface area (TPSA) is 57.3 Å². The van der Waals surface area contributed by atoms with Gasteiger partial charge < -0.3 is 14.4 Å². The molecule has 0 amide bonds. The van der Waals surface area contributed by atoms with Crippen LogP contribution in [0.3, 0.4) is 0 Å². The molecule has 0 aromatic rings. The van der Waals surface area contributed by atoms with Gasteiger partial charge in [0.05, 0.1) is 24.4 Å². The maximum atomic E-state index is 11.7. The second-order valence-electron chi connectivity index (χ2n) is 7.76. The van der Waals surface area contributed by atoms with E-state index in [2.05, 4.69) is 39.8 Å². The number of ether oxygens (including phenoxy) is 2. The number of allylic oxidation sites excluding steroid dienone is 3. The molecule has 0 aromatic heterocycles. The van der Waals surface area contributed by atoms with Gasteiger partial charge in [-0.05, 0) is 60.3 Å². The zero-order chi connectivity index (χ0) is 19.3. The summed E-state index contributed by atoms with van der Waals surface area (Å²) >= 11 is 0. The smallest absolute Gasteiger partial charge is 0.338 e. The van der Waals surface area contributed by atoms with Crippen molar-refractivity contribution < 1.29 is 24.0 Å². The normalized spacial score (nSPS) is 25.5. The molecule has 0 N–H and O–H groups in total. The van der Waals surface area contributed by atoms with Gasteiger partial charge >= 0.3 is 5.97 Å². The Balaban J connectivity index is 1.73. The number of carbonyl (C=O) groups is 1. The number of hydrogen-bond donors (Lipinski definition) is 0. The standard InChI is InChI=1S/C21H32O5/c1-14(8-7-9-15(2)11-13-18-21(4,5)25-18)10-12-17-19(26-23-6)16(3)20(22)24-17/h9-10,17-18H,7-8,11-13H2,1-6H3/b14-10+,15-9+. The van der Waals surface area contributed by atoms with Crippen molar-refractivity contribution in [3.8, 4) is 0 Å². The first-order valence-electron chi connectivity index (χ1n) is 9.36. The molecule has 1 saturated heterocycles. The Morgan fingerprint density at radius 3 is 2.46 bits per heavy atom. The Bertz CT molecular complexity index is 612. The van der Waals surface area contributed by atoms with E-state index in [1.807, 2.05) is 0 Å². The van der Waals surface area contributed by atoms with Crippen LogP contribution in [0.5, 0.6) is 0 Å². The van der Waals surface area contributed by atoms with Crippen molar-refractivity contribution in [2.45, 2.75) is 84.5 Å². The van der Waals surface area contributed by atoms with Gasteiger partial charge in [-0.1, -0.05) is 23.3 Å². The fourth-order valence-corrected chi connectivity index (χ4v) is 3.13. The van der Waals surface area contributed by atoms with Gasteiger partial charge in [-0.3, -0.25) is 0 Å². The number of hydrogen-bond acceptors (Lipinski definition) is 5. The molecule has 2 rings (SSSR count). The van der Waals surface area contributed by atoms with Crippen LogP contribution in [0, 0.1) is 0 Å². The molecule has 2 heterocycles. The highest BCUT2D eigenvalue weighted by molar-refractivity contribution is 5.91. The van der Waals surface area contributed by atoms with E-state index in [1.165, 1.54) is 18.3 Å². The van der Waals surface area contributed by atoms with E-state index >= 15 is 0 Å². The van der Waals surface area contributed by atoms with E-state index in [1.54, 1.807) is 6.92 Å². The lowest BCUT2D eigenvalue weighted by molar-refractivity contribution is -0.246. The van der Waals surface area contributed by atoms with E-state index in [4.69, 9.17) is 19.2 Å². The molecule has 5 nitrogen and oxygen atoms in total. The molecule has 146 valence electrons. The van der Waals surface area contributed by atoms with Crippen LogP contribution >= 0.6 is 0 Å². The van der Waals surface area contributed by atoms with Crippen LogP contribution in [-0.4, -0.2) is 30.9 Å². The third kappa shape index (κ3) is 5.71. The van der Waals surface area contributed by atoms with Gasteiger partial charge in [0.25, 0.3) is 0 Å². The Kier molecular flexibility index (Phi) is 7.07. The summed E-state index contributed by atoms with van der Waals surface area (Å²) in [4.78, 5) is 21.5. The molecule has 0 aliphatic carbocycles. The summed E-state index contributed by atoms with van der Waals surface area (Å²) in [7, 11) is 1.42. The summed E-state index contributed by atoms with van der Waals surface area (Å²) in [6, 6.07) is 0. The van der Waals surface area contributed by atoms with Crippen molar-refractivity contribution in [3.63, 3.8) is 0 Å². The molecule has 1 fully saturated rings. The van der Waals surface area contributed by atoms with E-state index in [0.29, 0.717) is 23.9 Å². The van der Waals surface area contributed by atoms with Crippen molar-refractivity contribution in [3.05, 3.63) is 34.6 Å². The second-order valence-corrected chi connectivity index (χ2v) is 7.76. The number of cyclic esters (lactones) is 1. The predicted octanol–water partition coefficient (Wildman–Crippen LogP) is 4.78.